The van der Waals surface area contributed by atoms with Gasteiger partial charge in [0.2, 0.25) is 11.8 Å². The second-order valence-electron chi connectivity index (χ2n) is 8.21. The fourth-order valence-electron chi connectivity index (χ4n) is 4.20. The Bertz CT molecular complexity index is 722. The van der Waals surface area contributed by atoms with Crippen LogP contribution in [0.25, 0.3) is 0 Å². The van der Waals surface area contributed by atoms with E-state index in [-0.39, 0.29) is 48.4 Å². The zero-order chi connectivity index (χ0) is 21.2. The van der Waals surface area contributed by atoms with Gasteiger partial charge in [0.25, 0.3) is 0 Å². The van der Waals surface area contributed by atoms with Crippen molar-refractivity contribution in [3.8, 4) is 0 Å². The predicted octanol–water partition coefficient (Wildman–Crippen LogP) is 2.66. The third kappa shape index (κ3) is 8.31. The number of hydrogen-bond donors (Lipinski definition) is 3. The first-order valence-corrected chi connectivity index (χ1v) is 11.3. The number of halogens is 1. The lowest BCUT2D eigenvalue weighted by Crippen LogP contribution is -2.46. The van der Waals surface area contributed by atoms with Gasteiger partial charge in [-0.25, -0.2) is 4.99 Å². The second-order valence-corrected chi connectivity index (χ2v) is 8.21. The molecular formula is C23H36IN5O2. The lowest BCUT2D eigenvalue weighted by atomic mass is 9.88. The van der Waals surface area contributed by atoms with Crippen molar-refractivity contribution in [2.45, 2.75) is 58.0 Å². The highest BCUT2D eigenvalue weighted by molar-refractivity contribution is 14.0. The molecule has 172 valence electrons. The number of carbonyl (C=O) groups excluding carboxylic acids is 2. The van der Waals surface area contributed by atoms with E-state index in [9.17, 15) is 9.59 Å². The summed E-state index contributed by atoms with van der Waals surface area (Å²) in [5.41, 5.74) is 1.06. The van der Waals surface area contributed by atoms with Crippen LogP contribution in [0.1, 0.15) is 51.0 Å². The van der Waals surface area contributed by atoms with Gasteiger partial charge in [0, 0.05) is 38.1 Å². The Morgan fingerprint density at radius 3 is 2.52 bits per heavy atom. The van der Waals surface area contributed by atoms with Crippen molar-refractivity contribution in [2.75, 3.05) is 26.2 Å². The van der Waals surface area contributed by atoms with Gasteiger partial charge in [-0.3, -0.25) is 9.59 Å². The third-order valence-electron chi connectivity index (χ3n) is 5.85. The first-order valence-electron chi connectivity index (χ1n) is 11.3. The lowest BCUT2D eigenvalue weighted by molar-refractivity contribution is -0.135. The second kappa shape index (κ2) is 13.5. The van der Waals surface area contributed by atoms with E-state index in [2.05, 4.69) is 20.9 Å². The molecule has 1 aromatic carbocycles. The Hall–Kier alpha value is -1.84. The minimum atomic E-state index is -0.114. The first-order chi connectivity index (χ1) is 14.7. The van der Waals surface area contributed by atoms with Gasteiger partial charge >= 0.3 is 0 Å². The highest BCUT2D eigenvalue weighted by atomic mass is 127. The summed E-state index contributed by atoms with van der Waals surface area (Å²) in [6.07, 6.45) is 6.59. The molecule has 2 amide bonds. The Balaban J connectivity index is 0.00000341. The first kappa shape index (κ1) is 25.4. The molecule has 1 aliphatic carbocycles. The van der Waals surface area contributed by atoms with Crippen LogP contribution in [0.3, 0.4) is 0 Å². The topological polar surface area (TPSA) is 85.8 Å². The summed E-state index contributed by atoms with van der Waals surface area (Å²) >= 11 is 0. The molecule has 1 atom stereocenters. The van der Waals surface area contributed by atoms with Gasteiger partial charge in [0.1, 0.15) is 6.54 Å². The van der Waals surface area contributed by atoms with E-state index < -0.39 is 0 Å². The number of likely N-dealkylation sites (tertiary alicyclic amines) is 1. The summed E-state index contributed by atoms with van der Waals surface area (Å²) < 4.78 is 0. The van der Waals surface area contributed by atoms with E-state index in [1.807, 2.05) is 42.2 Å². The number of amides is 2. The van der Waals surface area contributed by atoms with Crippen molar-refractivity contribution in [1.29, 1.82) is 0 Å². The average molecular weight is 541 g/mol. The van der Waals surface area contributed by atoms with Gasteiger partial charge in [-0.05, 0) is 31.7 Å². The van der Waals surface area contributed by atoms with Crippen molar-refractivity contribution in [2.24, 2.45) is 10.9 Å². The van der Waals surface area contributed by atoms with Crippen LogP contribution >= 0.6 is 24.0 Å². The molecule has 2 aliphatic rings. The largest absolute Gasteiger partial charge is 0.357 e. The molecule has 0 aromatic heterocycles. The summed E-state index contributed by atoms with van der Waals surface area (Å²) in [6.45, 7) is 4.79. The van der Waals surface area contributed by atoms with Crippen LogP contribution in [-0.4, -0.2) is 54.9 Å². The molecule has 7 nitrogen and oxygen atoms in total. The summed E-state index contributed by atoms with van der Waals surface area (Å²) in [5, 5.41) is 9.49. The SMILES string of the molecule is CCNC(=NCC(=O)NCc1ccccc1)NC1CCN(C(=O)C2CCCCC2)C1.I. The summed E-state index contributed by atoms with van der Waals surface area (Å²) in [4.78, 5) is 31.3. The fraction of sp³-hybridized carbons (Fsp3) is 0.609. The van der Waals surface area contributed by atoms with E-state index in [4.69, 9.17) is 0 Å². The third-order valence-corrected chi connectivity index (χ3v) is 5.85. The van der Waals surface area contributed by atoms with Crippen molar-refractivity contribution < 1.29 is 9.59 Å². The van der Waals surface area contributed by atoms with Crippen molar-refractivity contribution in [3.05, 3.63) is 35.9 Å². The molecule has 0 spiro atoms. The van der Waals surface area contributed by atoms with E-state index in [0.717, 1.165) is 37.9 Å². The maximum atomic E-state index is 12.8. The highest BCUT2D eigenvalue weighted by Crippen LogP contribution is 2.26. The van der Waals surface area contributed by atoms with Crippen molar-refractivity contribution >= 4 is 41.8 Å². The Labute approximate surface area is 202 Å². The molecule has 1 aromatic rings. The normalized spacial score (nSPS) is 19.5. The molecule has 1 aliphatic heterocycles. The molecule has 1 saturated carbocycles. The standard InChI is InChI=1S/C23H35N5O2.HI/c1-2-24-23(26-16-21(29)25-15-18-9-5-3-6-10-18)27-20-13-14-28(17-20)22(30)19-11-7-4-8-12-19;/h3,5-6,9-10,19-20H,2,4,7-8,11-17H2,1H3,(H,25,29)(H2,24,26,27);1H. The predicted molar refractivity (Wildman–Crippen MR) is 134 cm³/mol. The molecule has 3 rings (SSSR count). The van der Waals surface area contributed by atoms with Crippen LogP contribution in [0.4, 0.5) is 0 Å². The Kier molecular flexibility index (Phi) is 11.1. The number of carbonyl (C=O) groups is 2. The van der Waals surface area contributed by atoms with Gasteiger partial charge in [0.05, 0.1) is 0 Å². The molecular weight excluding hydrogens is 505 g/mol. The smallest absolute Gasteiger partial charge is 0.242 e. The van der Waals surface area contributed by atoms with Crippen LogP contribution in [0.5, 0.6) is 0 Å². The maximum Gasteiger partial charge on any atom is 0.242 e. The van der Waals surface area contributed by atoms with Gasteiger partial charge in [-0.15, -0.1) is 24.0 Å². The number of nitrogens with one attached hydrogen (secondary N) is 3. The summed E-state index contributed by atoms with van der Waals surface area (Å²) in [6, 6.07) is 10.00. The quantitative estimate of drug-likeness (QED) is 0.282. The molecule has 1 saturated heterocycles. The molecule has 0 radical (unpaired) electrons. The molecule has 2 fully saturated rings. The van der Waals surface area contributed by atoms with Gasteiger partial charge in [0.15, 0.2) is 5.96 Å². The van der Waals surface area contributed by atoms with Crippen LogP contribution in [0.15, 0.2) is 35.3 Å². The summed E-state index contributed by atoms with van der Waals surface area (Å²) in [7, 11) is 0. The van der Waals surface area contributed by atoms with E-state index in [1.165, 1.54) is 19.3 Å². The molecule has 31 heavy (non-hydrogen) atoms. The highest BCUT2D eigenvalue weighted by Gasteiger charge is 2.31. The van der Waals surface area contributed by atoms with E-state index in [0.29, 0.717) is 25.0 Å². The van der Waals surface area contributed by atoms with Gasteiger partial charge < -0.3 is 20.9 Å². The fourth-order valence-corrected chi connectivity index (χ4v) is 4.20. The number of benzene rings is 1. The molecule has 1 unspecified atom stereocenters. The number of hydrogen-bond acceptors (Lipinski definition) is 3. The van der Waals surface area contributed by atoms with Crippen LogP contribution in [0.2, 0.25) is 0 Å². The molecule has 1 heterocycles. The summed E-state index contributed by atoms with van der Waals surface area (Å²) in [5.74, 6) is 1.05. The zero-order valence-electron chi connectivity index (χ0n) is 18.4. The number of nitrogens with zero attached hydrogens (tertiary/aromatic N) is 2. The van der Waals surface area contributed by atoms with Crippen molar-refractivity contribution in [3.63, 3.8) is 0 Å². The minimum Gasteiger partial charge on any atom is -0.357 e. The van der Waals surface area contributed by atoms with Crippen LogP contribution in [0, 0.1) is 5.92 Å². The monoisotopic (exact) mass is 541 g/mol. The zero-order valence-corrected chi connectivity index (χ0v) is 20.8. The van der Waals surface area contributed by atoms with E-state index >= 15 is 0 Å². The Morgan fingerprint density at radius 1 is 1.06 bits per heavy atom. The lowest BCUT2D eigenvalue weighted by Gasteiger charge is -2.26. The van der Waals surface area contributed by atoms with Crippen molar-refractivity contribution in [1.82, 2.24) is 20.9 Å². The number of rotatable bonds is 7. The van der Waals surface area contributed by atoms with Crippen LogP contribution in [-0.2, 0) is 16.1 Å². The molecule has 8 heteroatoms. The average Bonchev–Trinajstić information content (AvgIpc) is 3.25. The number of guanidine groups is 1. The molecule has 3 N–H and O–H groups in total. The van der Waals surface area contributed by atoms with Crippen LogP contribution < -0.4 is 16.0 Å². The van der Waals surface area contributed by atoms with E-state index in [1.54, 1.807) is 0 Å². The maximum absolute atomic E-state index is 12.8. The Morgan fingerprint density at radius 2 is 1.81 bits per heavy atom. The number of aliphatic imine (C=N–C) groups is 1. The van der Waals surface area contributed by atoms with Gasteiger partial charge in [-0.1, -0.05) is 49.6 Å². The minimum absolute atomic E-state index is 0. The van der Waals surface area contributed by atoms with Gasteiger partial charge in [-0.2, -0.15) is 0 Å². The molecule has 0 bridgehead atoms.